The zero-order valence-electron chi connectivity index (χ0n) is 15.4. The van der Waals surface area contributed by atoms with Crippen molar-refractivity contribution in [3.8, 4) is 0 Å². The molecule has 120 valence electrons. The van der Waals surface area contributed by atoms with Gasteiger partial charge in [0.2, 0.25) is 0 Å². The van der Waals surface area contributed by atoms with Gasteiger partial charge in [0.15, 0.2) is 0 Å². The first-order valence-electron chi connectivity index (χ1n) is 8.92. The highest BCUT2D eigenvalue weighted by Gasteiger charge is 2.13. The van der Waals surface area contributed by atoms with Gasteiger partial charge in [-0.3, -0.25) is 0 Å². The van der Waals surface area contributed by atoms with Crippen LogP contribution in [0.15, 0.2) is 12.2 Å². The van der Waals surface area contributed by atoms with E-state index in [9.17, 15) is 0 Å². The Kier molecular flexibility index (Phi) is 10.3. The maximum atomic E-state index is 2.52. The van der Waals surface area contributed by atoms with Crippen molar-refractivity contribution >= 4 is 0 Å². The lowest BCUT2D eigenvalue weighted by molar-refractivity contribution is 0.372. The normalized spacial score (nSPS) is 17.4. The topological polar surface area (TPSA) is 0 Å². The summed E-state index contributed by atoms with van der Waals surface area (Å²) in [5, 5.41) is 0. The first-order valence-corrected chi connectivity index (χ1v) is 8.92. The molecule has 0 aliphatic heterocycles. The molecule has 0 N–H and O–H groups in total. The molecule has 0 saturated carbocycles. The molecule has 0 amide bonds. The highest BCUT2D eigenvalue weighted by molar-refractivity contribution is 4.94. The third kappa shape index (κ3) is 9.61. The van der Waals surface area contributed by atoms with Crippen LogP contribution in [-0.4, -0.2) is 0 Å². The molecule has 0 nitrogen and oxygen atoms in total. The van der Waals surface area contributed by atoms with Crippen LogP contribution in [0, 0.1) is 35.5 Å². The van der Waals surface area contributed by atoms with Gasteiger partial charge in [0.1, 0.15) is 0 Å². The van der Waals surface area contributed by atoms with Crippen LogP contribution >= 0.6 is 0 Å². The molecule has 0 heteroatoms. The van der Waals surface area contributed by atoms with Crippen LogP contribution in [0.5, 0.6) is 0 Å². The van der Waals surface area contributed by atoms with Crippen molar-refractivity contribution in [1.29, 1.82) is 0 Å². The lowest BCUT2D eigenvalue weighted by Gasteiger charge is -2.21. The van der Waals surface area contributed by atoms with E-state index >= 15 is 0 Å². The Balaban J connectivity index is 4.31. The molecule has 0 aliphatic rings. The Bertz CT molecular complexity index is 247. The van der Waals surface area contributed by atoms with E-state index in [-0.39, 0.29) is 0 Å². The maximum absolute atomic E-state index is 2.52. The number of hydrogen-bond donors (Lipinski definition) is 0. The van der Waals surface area contributed by atoms with Gasteiger partial charge in [0.25, 0.3) is 0 Å². The molecule has 0 heterocycles. The van der Waals surface area contributed by atoms with Crippen LogP contribution in [0.3, 0.4) is 0 Å². The molecule has 0 aromatic heterocycles. The molecule has 20 heavy (non-hydrogen) atoms. The summed E-state index contributed by atoms with van der Waals surface area (Å²) in [5.74, 6) is 4.72. The molecule has 0 radical (unpaired) electrons. The van der Waals surface area contributed by atoms with Crippen LogP contribution in [-0.2, 0) is 0 Å². The van der Waals surface area contributed by atoms with E-state index in [0.29, 0.717) is 5.92 Å². The van der Waals surface area contributed by atoms with Crippen LogP contribution in [0.1, 0.15) is 81.1 Å². The largest absolute Gasteiger partial charge is 0.0851 e. The van der Waals surface area contributed by atoms with Gasteiger partial charge in [-0.05, 0) is 48.3 Å². The smallest absolute Gasteiger partial charge is 0.0210 e. The zero-order valence-corrected chi connectivity index (χ0v) is 15.4. The third-order valence-electron chi connectivity index (χ3n) is 4.69. The lowest BCUT2D eigenvalue weighted by Crippen LogP contribution is -2.10. The fourth-order valence-electron chi connectivity index (χ4n) is 2.54. The second-order valence-electron chi connectivity index (χ2n) is 8.07. The summed E-state index contributed by atoms with van der Waals surface area (Å²) in [6, 6.07) is 0. The summed E-state index contributed by atoms with van der Waals surface area (Å²) in [6.07, 6.45) is 10.4. The average Bonchev–Trinajstić information content (AvgIpc) is 2.34. The quantitative estimate of drug-likeness (QED) is 0.379. The Morgan fingerprint density at radius 3 is 1.55 bits per heavy atom. The molecule has 0 rings (SSSR count). The molecule has 0 aromatic rings. The van der Waals surface area contributed by atoms with Gasteiger partial charge in [0.05, 0.1) is 0 Å². The van der Waals surface area contributed by atoms with Crippen LogP contribution < -0.4 is 0 Å². The number of allylic oxidation sites excluding steroid dienone is 2. The van der Waals surface area contributed by atoms with Crippen molar-refractivity contribution in [1.82, 2.24) is 0 Å². The van der Waals surface area contributed by atoms with E-state index in [4.69, 9.17) is 0 Å². The molecule has 0 saturated heterocycles. The van der Waals surface area contributed by atoms with Crippen molar-refractivity contribution in [2.24, 2.45) is 35.5 Å². The zero-order chi connectivity index (χ0) is 15.7. The lowest BCUT2D eigenvalue weighted by atomic mass is 9.85. The van der Waals surface area contributed by atoms with Crippen LogP contribution in [0.4, 0.5) is 0 Å². The van der Waals surface area contributed by atoms with Crippen molar-refractivity contribution < 1.29 is 0 Å². The first kappa shape index (κ1) is 19.7. The second-order valence-corrected chi connectivity index (χ2v) is 8.07. The van der Waals surface area contributed by atoms with E-state index in [1.54, 1.807) is 0 Å². The summed E-state index contributed by atoms with van der Waals surface area (Å²) in [6.45, 7) is 18.8. The Morgan fingerprint density at radius 1 is 0.600 bits per heavy atom. The molecule has 3 unspecified atom stereocenters. The van der Waals surface area contributed by atoms with Crippen LogP contribution in [0.25, 0.3) is 0 Å². The van der Waals surface area contributed by atoms with Gasteiger partial charge in [-0.15, -0.1) is 0 Å². The average molecular weight is 281 g/mol. The maximum Gasteiger partial charge on any atom is -0.0210 e. The standard InChI is InChI=1S/C20H40/c1-15(2)9-11-18(7)19(8)12-14-20(17(5)6)13-10-16(3)4/h12,14-20H,9-11,13H2,1-8H3. The van der Waals surface area contributed by atoms with E-state index in [0.717, 1.165) is 29.6 Å². The Hall–Kier alpha value is -0.260. The van der Waals surface area contributed by atoms with E-state index in [1.165, 1.54) is 25.7 Å². The molecule has 0 aliphatic carbocycles. The highest BCUT2D eigenvalue weighted by Crippen LogP contribution is 2.25. The molecular formula is C20H40. The fourth-order valence-corrected chi connectivity index (χ4v) is 2.54. The Labute approximate surface area is 129 Å². The van der Waals surface area contributed by atoms with Gasteiger partial charge in [-0.25, -0.2) is 0 Å². The van der Waals surface area contributed by atoms with E-state index in [1.807, 2.05) is 0 Å². The molecule has 0 fully saturated rings. The minimum Gasteiger partial charge on any atom is -0.0851 e. The molecule has 0 spiro atoms. The van der Waals surface area contributed by atoms with Gasteiger partial charge in [-0.2, -0.15) is 0 Å². The van der Waals surface area contributed by atoms with Crippen molar-refractivity contribution in [3.05, 3.63) is 12.2 Å². The summed E-state index contributed by atoms with van der Waals surface area (Å²) in [7, 11) is 0. The number of rotatable bonds is 10. The Morgan fingerprint density at radius 2 is 1.10 bits per heavy atom. The monoisotopic (exact) mass is 280 g/mol. The summed E-state index contributed by atoms with van der Waals surface area (Å²) < 4.78 is 0. The summed E-state index contributed by atoms with van der Waals surface area (Å²) in [5.41, 5.74) is 0. The van der Waals surface area contributed by atoms with Crippen molar-refractivity contribution in [2.75, 3.05) is 0 Å². The van der Waals surface area contributed by atoms with Crippen LogP contribution in [0.2, 0.25) is 0 Å². The molecule has 0 aromatic carbocycles. The van der Waals surface area contributed by atoms with Crippen molar-refractivity contribution in [2.45, 2.75) is 81.1 Å². The van der Waals surface area contributed by atoms with Gasteiger partial charge in [0, 0.05) is 0 Å². The SMILES string of the molecule is CC(C)CCC(C)C(C)C=CC(CCC(C)C)C(C)C. The summed E-state index contributed by atoms with van der Waals surface area (Å²) in [4.78, 5) is 0. The molecule has 3 atom stereocenters. The third-order valence-corrected chi connectivity index (χ3v) is 4.69. The fraction of sp³-hybridized carbons (Fsp3) is 0.900. The predicted molar refractivity (Wildman–Crippen MR) is 93.9 cm³/mol. The second kappa shape index (κ2) is 10.5. The van der Waals surface area contributed by atoms with E-state index < -0.39 is 0 Å². The highest BCUT2D eigenvalue weighted by atomic mass is 14.2. The van der Waals surface area contributed by atoms with Gasteiger partial charge >= 0.3 is 0 Å². The minimum atomic E-state index is 0.717. The van der Waals surface area contributed by atoms with Gasteiger partial charge < -0.3 is 0 Å². The predicted octanol–water partition coefficient (Wildman–Crippen LogP) is 6.96. The summed E-state index contributed by atoms with van der Waals surface area (Å²) >= 11 is 0. The van der Waals surface area contributed by atoms with Crippen molar-refractivity contribution in [3.63, 3.8) is 0 Å². The molecular weight excluding hydrogens is 240 g/mol. The minimum absolute atomic E-state index is 0.717. The van der Waals surface area contributed by atoms with Gasteiger partial charge in [-0.1, -0.05) is 80.4 Å². The molecule has 0 bridgehead atoms. The first-order chi connectivity index (χ1) is 9.23. The number of hydrogen-bond acceptors (Lipinski definition) is 0. The van der Waals surface area contributed by atoms with E-state index in [2.05, 4.69) is 67.5 Å².